The first kappa shape index (κ1) is 16.6. The standard InChI is InChI=1S/C17H12F3N3O2/c18-17(19,20)25-15-6-4-13(5-7-15)22-16(24)12-2-1-3-14(10-12)23-9-8-21-11-23/h1-11H,(H,22,24). The van der Waals surface area contributed by atoms with Crippen LogP contribution in [0, 0.1) is 0 Å². The van der Waals surface area contributed by atoms with E-state index in [9.17, 15) is 18.0 Å². The van der Waals surface area contributed by atoms with Gasteiger partial charge in [-0.25, -0.2) is 4.98 Å². The Bertz CT molecular complexity index is 860. The molecule has 128 valence electrons. The van der Waals surface area contributed by atoms with Crippen molar-refractivity contribution in [3.63, 3.8) is 0 Å². The number of aromatic nitrogens is 2. The van der Waals surface area contributed by atoms with Crippen LogP contribution in [0.3, 0.4) is 0 Å². The Hall–Kier alpha value is -3.29. The van der Waals surface area contributed by atoms with Crippen molar-refractivity contribution in [3.05, 3.63) is 72.8 Å². The van der Waals surface area contributed by atoms with Crippen LogP contribution in [0.25, 0.3) is 5.69 Å². The Kier molecular flexibility index (Phi) is 4.42. The van der Waals surface area contributed by atoms with E-state index in [-0.39, 0.29) is 11.7 Å². The number of halogens is 3. The lowest BCUT2D eigenvalue weighted by Crippen LogP contribution is -2.17. The van der Waals surface area contributed by atoms with Crippen molar-refractivity contribution < 1.29 is 22.7 Å². The van der Waals surface area contributed by atoms with Crippen molar-refractivity contribution in [2.45, 2.75) is 6.36 Å². The molecule has 0 saturated carbocycles. The van der Waals surface area contributed by atoms with Gasteiger partial charge in [0.05, 0.1) is 6.33 Å². The average molecular weight is 347 g/mol. The summed E-state index contributed by atoms with van der Waals surface area (Å²) in [6.45, 7) is 0. The van der Waals surface area contributed by atoms with Gasteiger partial charge in [0, 0.05) is 29.3 Å². The molecule has 3 aromatic rings. The van der Waals surface area contributed by atoms with Gasteiger partial charge >= 0.3 is 6.36 Å². The topological polar surface area (TPSA) is 56.1 Å². The summed E-state index contributed by atoms with van der Waals surface area (Å²) in [6, 6.07) is 11.8. The first-order valence-corrected chi connectivity index (χ1v) is 7.16. The van der Waals surface area contributed by atoms with Crippen molar-refractivity contribution in [2.24, 2.45) is 0 Å². The quantitative estimate of drug-likeness (QED) is 0.775. The highest BCUT2D eigenvalue weighted by Crippen LogP contribution is 2.24. The molecule has 0 aliphatic heterocycles. The maximum atomic E-state index is 12.3. The highest BCUT2D eigenvalue weighted by atomic mass is 19.4. The van der Waals surface area contributed by atoms with Gasteiger partial charge in [-0.3, -0.25) is 4.79 Å². The fourth-order valence-corrected chi connectivity index (χ4v) is 2.16. The lowest BCUT2D eigenvalue weighted by molar-refractivity contribution is -0.274. The highest BCUT2D eigenvalue weighted by Gasteiger charge is 2.30. The van der Waals surface area contributed by atoms with E-state index in [1.165, 1.54) is 12.1 Å². The second-order valence-electron chi connectivity index (χ2n) is 5.05. The summed E-state index contributed by atoms with van der Waals surface area (Å²) in [5.41, 5.74) is 1.52. The third kappa shape index (κ3) is 4.37. The molecule has 0 aliphatic rings. The number of nitrogens with zero attached hydrogens (tertiary/aromatic N) is 2. The van der Waals surface area contributed by atoms with Crippen LogP contribution in [0.5, 0.6) is 5.75 Å². The molecule has 0 aliphatic carbocycles. The molecule has 0 radical (unpaired) electrons. The summed E-state index contributed by atoms with van der Waals surface area (Å²) in [5, 5.41) is 2.62. The minimum Gasteiger partial charge on any atom is -0.406 e. The number of anilines is 1. The Morgan fingerprint density at radius 3 is 2.52 bits per heavy atom. The van der Waals surface area contributed by atoms with Gasteiger partial charge in [-0.05, 0) is 42.5 Å². The number of carbonyl (C=O) groups excluding carboxylic acids is 1. The van der Waals surface area contributed by atoms with E-state index < -0.39 is 6.36 Å². The zero-order valence-corrected chi connectivity index (χ0v) is 12.7. The van der Waals surface area contributed by atoms with E-state index >= 15 is 0 Å². The summed E-state index contributed by atoms with van der Waals surface area (Å²) in [7, 11) is 0. The maximum absolute atomic E-state index is 12.3. The molecule has 0 spiro atoms. The molecule has 0 fully saturated rings. The Morgan fingerprint density at radius 2 is 1.88 bits per heavy atom. The lowest BCUT2D eigenvalue weighted by atomic mass is 10.2. The number of benzene rings is 2. The maximum Gasteiger partial charge on any atom is 0.573 e. The van der Waals surface area contributed by atoms with Crippen molar-refractivity contribution >= 4 is 11.6 Å². The normalized spacial score (nSPS) is 11.2. The smallest absolute Gasteiger partial charge is 0.406 e. The monoisotopic (exact) mass is 347 g/mol. The summed E-state index contributed by atoms with van der Waals surface area (Å²) in [4.78, 5) is 16.2. The minimum absolute atomic E-state index is 0.354. The third-order valence-electron chi connectivity index (χ3n) is 3.26. The van der Waals surface area contributed by atoms with E-state index in [0.29, 0.717) is 11.3 Å². The molecule has 1 amide bonds. The zero-order chi connectivity index (χ0) is 17.9. The Labute approximate surface area is 140 Å². The van der Waals surface area contributed by atoms with Gasteiger partial charge < -0.3 is 14.6 Å². The van der Waals surface area contributed by atoms with Crippen LogP contribution >= 0.6 is 0 Å². The van der Waals surface area contributed by atoms with Gasteiger partial charge in [0.25, 0.3) is 5.91 Å². The number of hydrogen-bond acceptors (Lipinski definition) is 3. The van der Waals surface area contributed by atoms with Crippen molar-refractivity contribution in [1.82, 2.24) is 9.55 Å². The van der Waals surface area contributed by atoms with Gasteiger partial charge in [0.15, 0.2) is 0 Å². The molecule has 1 aromatic heterocycles. The molecule has 3 rings (SSSR count). The number of carbonyl (C=O) groups is 1. The van der Waals surface area contributed by atoms with Crippen LogP contribution in [-0.4, -0.2) is 21.8 Å². The third-order valence-corrected chi connectivity index (χ3v) is 3.26. The molecule has 25 heavy (non-hydrogen) atoms. The first-order valence-electron chi connectivity index (χ1n) is 7.16. The number of imidazole rings is 1. The first-order chi connectivity index (χ1) is 11.9. The second kappa shape index (κ2) is 6.68. The van der Waals surface area contributed by atoms with E-state index in [0.717, 1.165) is 17.8 Å². The van der Waals surface area contributed by atoms with Crippen LogP contribution in [0.2, 0.25) is 0 Å². The molecule has 2 aromatic carbocycles. The lowest BCUT2D eigenvalue weighted by Gasteiger charge is -2.10. The van der Waals surface area contributed by atoms with Crippen LogP contribution in [0.15, 0.2) is 67.3 Å². The van der Waals surface area contributed by atoms with Gasteiger partial charge in [0.1, 0.15) is 5.75 Å². The van der Waals surface area contributed by atoms with Crippen LogP contribution < -0.4 is 10.1 Å². The van der Waals surface area contributed by atoms with Crippen LogP contribution in [0.4, 0.5) is 18.9 Å². The Morgan fingerprint density at radius 1 is 1.12 bits per heavy atom. The van der Waals surface area contributed by atoms with Crippen molar-refractivity contribution in [2.75, 3.05) is 5.32 Å². The second-order valence-corrected chi connectivity index (χ2v) is 5.05. The summed E-state index contributed by atoms with van der Waals surface area (Å²) >= 11 is 0. The molecule has 0 bridgehead atoms. The predicted octanol–water partition coefficient (Wildman–Crippen LogP) is 4.02. The fourth-order valence-electron chi connectivity index (χ4n) is 2.16. The average Bonchev–Trinajstić information content (AvgIpc) is 3.10. The van der Waals surface area contributed by atoms with E-state index in [4.69, 9.17) is 0 Å². The van der Waals surface area contributed by atoms with Gasteiger partial charge in [0.2, 0.25) is 0 Å². The summed E-state index contributed by atoms with van der Waals surface area (Å²) < 4.78 is 41.9. The molecule has 0 atom stereocenters. The number of amides is 1. The summed E-state index contributed by atoms with van der Waals surface area (Å²) in [5.74, 6) is -0.737. The Balaban J connectivity index is 1.71. The largest absolute Gasteiger partial charge is 0.573 e. The number of alkyl halides is 3. The molecule has 1 heterocycles. The number of hydrogen-bond donors (Lipinski definition) is 1. The zero-order valence-electron chi connectivity index (χ0n) is 12.7. The predicted molar refractivity (Wildman–Crippen MR) is 84.6 cm³/mol. The van der Waals surface area contributed by atoms with Gasteiger partial charge in [-0.15, -0.1) is 13.2 Å². The van der Waals surface area contributed by atoms with Gasteiger partial charge in [-0.1, -0.05) is 6.07 Å². The van der Waals surface area contributed by atoms with E-state index in [1.54, 1.807) is 41.5 Å². The molecular weight excluding hydrogens is 335 g/mol. The molecule has 0 unspecified atom stereocenters. The SMILES string of the molecule is O=C(Nc1ccc(OC(F)(F)F)cc1)c1cccc(-n2ccnc2)c1. The van der Waals surface area contributed by atoms with Gasteiger partial charge in [-0.2, -0.15) is 0 Å². The molecular formula is C17H12F3N3O2. The molecule has 1 N–H and O–H groups in total. The van der Waals surface area contributed by atoms with Crippen molar-refractivity contribution in [1.29, 1.82) is 0 Å². The molecule has 0 saturated heterocycles. The highest BCUT2D eigenvalue weighted by molar-refractivity contribution is 6.04. The number of rotatable bonds is 4. The minimum atomic E-state index is -4.75. The molecule has 8 heteroatoms. The fraction of sp³-hybridized carbons (Fsp3) is 0.0588. The van der Waals surface area contributed by atoms with E-state index in [1.807, 2.05) is 6.07 Å². The molecule has 5 nitrogen and oxygen atoms in total. The van der Waals surface area contributed by atoms with Crippen LogP contribution in [0.1, 0.15) is 10.4 Å². The van der Waals surface area contributed by atoms with Crippen LogP contribution in [-0.2, 0) is 0 Å². The number of nitrogens with one attached hydrogen (secondary N) is 1. The summed E-state index contributed by atoms with van der Waals surface area (Å²) in [6.07, 6.45) is 0.225. The van der Waals surface area contributed by atoms with Crippen molar-refractivity contribution in [3.8, 4) is 11.4 Å². The number of ether oxygens (including phenoxy) is 1. The van der Waals surface area contributed by atoms with E-state index in [2.05, 4.69) is 15.0 Å².